The predicted molar refractivity (Wildman–Crippen MR) is 220 cm³/mol. The van der Waals surface area contributed by atoms with Gasteiger partial charge in [0.25, 0.3) is 0 Å². The highest BCUT2D eigenvalue weighted by molar-refractivity contribution is 6.09. The first-order valence-electron chi connectivity index (χ1n) is 22.4. The van der Waals surface area contributed by atoms with Gasteiger partial charge in [-0.2, -0.15) is 0 Å². The van der Waals surface area contributed by atoms with E-state index in [1.807, 2.05) is 133 Å². The Morgan fingerprint density at radius 1 is 0.385 bits per heavy atom. The van der Waals surface area contributed by atoms with Crippen LogP contribution in [0.2, 0.25) is 0 Å². The second-order valence-electron chi connectivity index (χ2n) is 12.5. The largest absolute Gasteiger partial charge is 0.455 e. The Hall–Kier alpha value is -6.90. The molecule has 2 heteroatoms. The highest BCUT2D eigenvalue weighted by Crippen LogP contribution is 2.41. The molecule has 0 saturated carbocycles. The van der Waals surface area contributed by atoms with Crippen molar-refractivity contribution in [2.45, 2.75) is 0 Å². The predicted octanol–water partition coefficient (Wildman–Crippen LogP) is 14.4. The summed E-state index contributed by atoms with van der Waals surface area (Å²) < 4.78 is 105. The first-order chi connectivity index (χ1) is 30.4. The van der Waals surface area contributed by atoms with Crippen LogP contribution in [0.1, 0.15) is 15.1 Å². The lowest BCUT2D eigenvalue weighted by molar-refractivity contribution is 0.670. The molecule has 0 spiro atoms. The van der Waals surface area contributed by atoms with Crippen molar-refractivity contribution < 1.29 is 19.5 Å². The lowest BCUT2D eigenvalue weighted by Crippen LogP contribution is -2.10. The molecule has 1 heterocycles. The van der Waals surface area contributed by atoms with Crippen molar-refractivity contribution in [1.29, 1.82) is 0 Å². The molecular formula is C50H33NO. The van der Waals surface area contributed by atoms with Crippen LogP contribution in [0.15, 0.2) is 204 Å². The van der Waals surface area contributed by atoms with Crippen LogP contribution in [0.4, 0.5) is 17.1 Å². The average molecular weight is 675 g/mol. The topological polar surface area (TPSA) is 16.4 Å². The standard InChI is InChI=1S/C50H33NO/c1-3-17-42-34(11-1)13-8-20-44(42)36-25-29-39(30-26-36)51(41-16-7-15-38(33-41)45-21-9-14-35-12-2-4-18-43(35)45)40-31-27-37(28-32-40)46-22-10-23-48-47-19-5-6-24-49(47)52-50(46)48/h1-33H/i1D,3D,8D,11D,13D,17D,20D,25D,26D,29D,30D. The van der Waals surface area contributed by atoms with Crippen LogP contribution < -0.4 is 4.90 Å². The molecule has 0 fully saturated rings. The molecule has 0 N–H and O–H groups in total. The van der Waals surface area contributed by atoms with Crippen LogP contribution in [0.3, 0.4) is 0 Å². The maximum absolute atomic E-state index is 9.60. The van der Waals surface area contributed by atoms with Crippen LogP contribution >= 0.6 is 0 Å². The minimum Gasteiger partial charge on any atom is -0.455 e. The van der Waals surface area contributed by atoms with Crippen LogP contribution in [0.5, 0.6) is 0 Å². The van der Waals surface area contributed by atoms with E-state index < -0.39 is 72.0 Å². The van der Waals surface area contributed by atoms with Crippen molar-refractivity contribution in [3.63, 3.8) is 0 Å². The number of furan rings is 1. The Kier molecular flexibility index (Phi) is 4.96. The molecule has 0 radical (unpaired) electrons. The number of hydrogen-bond donors (Lipinski definition) is 0. The second kappa shape index (κ2) is 12.5. The van der Waals surface area contributed by atoms with Gasteiger partial charge in [-0.05, 0) is 91.8 Å². The van der Waals surface area contributed by atoms with Crippen LogP contribution in [0, 0.1) is 0 Å². The Morgan fingerprint density at radius 3 is 2.00 bits per heavy atom. The van der Waals surface area contributed by atoms with Gasteiger partial charge in [0.1, 0.15) is 11.2 Å². The number of rotatable bonds is 6. The molecular weight excluding hydrogens is 631 g/mol. The van der Waals surface area contributed by atoms with Gasteiger partial charge in [-0.3, -0.25) is 0 Å². The Balaban J connectivity index is 1.21. The second-order valence-corrected chi connectivity index (χ2v) is 12.5. The number of hydrogen-bond acceptors (Lipinski definition) is 2. The molecule has 0 unspecified atom stereocenters. The van der Waals surface area contributed by atoms with Gasteiger partial charge in [0, 0.05) is 33.4 Å². The fourth-order valence-corrected chi connectivity index (χ4v) is 7.00. The molecule has 0 bridgehead atoms. The quantitative estimate of drug-likeness (QED) is 0.175. The van der Waals surface area contributed by atoms with Gasteiger partial charge < -0.3 is 9.32 Å². The lowest BCUT2D eigenvalue weighted by atomic mass is 9.97. The molecule has 10 aromatic rings. The summed E-state index contributed by atoms with van der Waals surface area (Å²) in [6, 6.07) is 36.3. The molecule has 2 nitrogen and oxygen atoms in total. The fourth-order valence-electron chi connectivity index (χ4n) is 7.00. The van der Waals surface area contributed by atoms with Crippen LogP contribution in [-0.2, 0) is 0 Å². The first kappa shape index (κ1) is 20.7. The lowest BCUT2D eigenvalue weighted by Gasteiger charge is -2.26. The van der Waals surface area contributed by atoms with Gasteiger partial charge in [-0.15, -0.1) is 0 Å². The number of nitrogens with zero attached hydrogens (tertiary/aromatic N) is 1. The van der Waals surface area contributed by atoms with E-state index in [1.54, 1.807) is 4.90 Å². The van der Waals surface area contributed by atoms with E-state index in [2.05, 4.69) is 0 Å². The highest BCUT2D eigenvalue weighted by atomic mass is 16.3. The summed E-state index contributed by atoms with van der Waals surface area (Å²) in [6.07, 6.45) is 0. The monoisotopic (exact) mass is 674 g/mol. The Labute approximate surface area is 317 Å². The zero-order valence-corrected chi connectivity index (χ0v) is 27.6. The van der Waals surface area contributed by atoms with Crippen molar-refractivity contribution in [2.75, 3.05) is 4.90 Å². The van der Waals surface area contributed by atoms with Gasteiger partial charge >= 0.3 is 0 Å². The molecule has 10 rings (SSSR count). The number of para-hydroxylation sites is 2. The Morgan fingerprint density at radius 2 is 1.10 bits per heavy atom. The summed E-state index contributed by atoms with van der Waals surface area (Å²) in [6.45, 7) is 0. The van der Waals surface area contributed by atoms with E-state index in [-0.39, 0.29) is 22.0 Å². The third-order valence-corrected chi connectivity index (χ3v) is 9.44. The first-order valence-corrected chi connectivity index (χ1v) is 16.9. The number of anilines is 3. The van der Waals surface area contributed by atoms with E-state index in [0.717, 1.165) is 55.0 Å². The van der Waals surface area contributed by atoms with E-state index in [0.29, 0.717) is 11.4 Å². The molecule has 1 aromatic heterocycles. The van der Waals surface area contributed by atoms with Crippen molar-refractivity contribution in [3.05, 3.63) is 200 Å². The van der Waals surface area contributed by atoms with E-state index in [1.165, 1.54) is 0 Å². The van der Waals surface area contributed by atoms with Gasteiger partial charge in [-0.25, -0.2) is 0 Å². The third-order valence-electron chi connectivity index (χ3n) is 9.44. The van der Waals surface area contributed by atoms with E-state index in [4.69, 9.17) is 14.0 Å². The van der Waals surface area contributed by atoms with Gasteiger partial charge in [0.05, 0.1) is 15.1 Å². The molecule has 0 saturated heterocycles. The van der Waals surface area contributed by atoms with Crippen LogP contribution in [0.25, 0.3) is 76.9 Å². The van der Waals surface area contributed by atoms with E-state index in [9.17, 15) is 5.48 Å². The zero-order chi connectivity index (χ0) is 44.0. The normalized spacial score (nSPS) is 14.4. The maximum atomic E-state index is 9.60. The summed E-state index contributed by atoms with van der Waals surface area (Å²) in [5, 5.41) is 3.36. The van der Waals surface area contributed by atoms with E-state index >= 15 is 0 Å². The van der Waals surface area contributed by atoms with Gasteiger partial charge in [0.2, 0.25) is 0 Å². The van der Waals surface area contributed by atoms with Gasteiger partial charge in [0.15, 0.2) is 0 Å². The highest BCUT2D eigenvalue weighted by Gasteiger charge is 2.17. The minimum absolute atomic E-state index is 0.114. The third kappa shape index (κ3) is 5.12. The Bertz CT molecular complexity index is 3500. The molecule has 0 atom stereocenters. The summed E-state index contributed by atoms with van der Waals surface area (Å²) in [5.41, 5.74) is 5.09. The molecule has 244 valence electrons. The number of benzene rings is 9. The number of fused-ring (bicyclic) bond motifs is 5. The maximum Gasteiger partial charge on any atom is 0.143 e. The molecule has 0 aliphatic heterocycles. The fraction of sp³-hybridized carbons (Fsp3) is 0. The smallest absolute Gasteiger partial charge is 0.143 e. The van der Waals surface area contributed by atoms with Crippen molar-refractivity contribution >= 4 is 60.5 Å². The van der Waals surface area contributed by atoms with Crippen LogP contribution in [-0.4, -0.2) is 0 Å². The van der Waals surface area contributed by atoms with Crippen molar-refractivity contribution in [1.82, 2.24) is 0 Å². The minimum atomic E-state index is -0.672. The average Bonchev–Trinajstić information content (AvgIpc) is 3.70. The summed E-state index contributed by atoms with van der Waals surface area (Å²) >= 11 is 0. The summed E-state index contributed by atoms with van der Waals surface area (Å²) in [5.74, 6) is 0. The van der Waals surface area contributed by atoms with Crippen molar-refractivity contribution in [2.24, 2.45) is 0 Å². The summed E-state index contributed by atoms with van der Waals surface area (Å²) in [7, 11) is 0. The van der Waals surface area contributed by atoms with Gasteiger partial charge in [-0.1, -0.05) is 158 Å². The molecule has 52 heavy (non-hydrogen) atoms. The van der Waals surface area contributed by atoms with Crippen molar-refractivity contribution in [3.8, 4) is 33.4 Å². The molecule has 0 aliphatic carbocycles. The molecule has 9 aromatic carbocycles. The zero-order valence-electron chi connectivity index (χ0n) is 38.6. The SMILES string of the molecule is [2H]c1c([2H])c(N(c2ccc(-c3cccc4c3oc3ccccc34)cc2)c2cccc(-c3cccc4ccccc34)c2)c([2H])c([2H])c1-c1c([2H])c([2H])c([2H])c2c([2H])c([2H])c([2H])c([2H])c12. The summed E-state index contributed by atoms with van der Waals surface area (Å²) in [4.78, 5) is 1.65. The molecule has 0 aliphatic rings. The molecule has 0 amide bonds.